The van der Waals surface area contributed by atoms with Crippen molar-refractivity contribution in [2.75, 3.05) is 0 Å². The van der Waals surface area contributed by atoms with Crippen LogP contribution in [0.3, 0.4) is 0 Å². The van der Waals surface area contributed by atoms with Crippen molar-refractivity contribution in [1.29, 1.82) is 0 Å². The van der Waals surface area contributed by atoms with Gasteiger partial charge in [-0.3, -0.25) is 9.89 Å². The van der Waals surface area contributed by atoms with E-state index in [1.807, 2.05) is 18.2 Å². The van der Waals surface area contributed by atoms with Crippen LogP contribution in [-0.4, -0.2) is 22.3 Å². The van der Waals surface area contributed by atoms with Crippen molar-refractivity contribution >= 4 is 22.9 Å². The number of carbonyl (C=O) groups excluding carboxylic acids is 1. The first-order chi connectivity index (χ1) is 15.4. The molecule has 5 nitrogen and oxygen atoms in total. The van der Waals surface area contributed by atoms with Crippen LogP contribution < -0.4 is 5.43 Å². The molecule has 0 aliphatic heterocycles. The van der Waals surface area contributed by atoms with Gasteiger partial charge in [0.25, 0.3) is 5.91 Å². The maximum atomic E-state index is 13.1. The fourth-order valence-electron chi connectivity index (χ4n) is 4.13. The van der Waals surface area contributed by atoms with Gasteiger partial charge in [0.05, 0.1) is 17.5 Å². The minimum Gasteiger partial charge on any atom is -0.272 e. The van der Waals surface area contributed by atoms with Crippen LogP contribution >= 0.6 is 0 Å². The van der Waals surface area contributed by atoms with Crippen LogP contribution in [0.1, 0.15) is 32.7 Å². The number of halogens is 3. The fraction of sp³-hybridized carbons (Fsp3) is 0.125. The third kappa shape index (κ3) is 3.53. The molecular formula is C24H17F3N4O. The summed E-state index contributed by atoms with van der Waals surface area (Å²) < 4.78 is 39.2. The van der Waals surface area contributed by atoms with E-state index in [2.05, 4.69) is 32.9 Å². The quantitative estimate of drug-likeness (QED) is 0.346. The highest BCUT2D eigenvalue weighted by atomic mass is 19.4. The Morgan fingerprint density at radius 3 is 2.62 bits per heavy atom. The monoisotopic (exact) mass is 434 g/mol. The summed E-state index contributed by atoms with van der Waals surface area (Å²) in [6.07, 6.45) is -1.51. The molecule has 1 heterocycles. The highest BCUT2D eigenvalue weighted by Crippen LogP contribution is 2.36. The summed E-state index contributed by atoms with van der Waals surface area (Å²) in [5.74, 6) is -0.601. The van der Waals surface area contributed by atoms with Crippen molar-refractivity contribution in [3.8, 4) is 11.3 Å². The third-order valence-electron chi connectivity index (χ3n) is 5.61. The lowest BCUT2D eigenvalue weighted by molar-refractivity contribution is -0.137. The number of nitrogens with zero attached hydrogens (tertiary/aromatic N) is 2. The molecular weight excluding hydrogens is 417 g/mol. The number of benzene rings is 3. The van der Waals surface area contributed by atoms with Crippen LogP contribution in [0.2, 0.25) is 0 Å². The molecule has 0 unspecified atom stereocenters. The SMILES string of the molecule is O=C(N/N=C\c1ccccc1C(F)(F)F)c1cc(-c2ccc3c4c(cccc24)CC3)n[nH]1. The summed E-state index contributed by atoms with van der Waals surface area (Å²) >= 11 is 0. The van der Waals surface area contributed by atoms with Crippen molar-refractivity contribution in [3.05, 3.63) is 88.6 Å². The van der Waals surface area contributed by atoms with Crippen molar-refractivity contribution in [3.63, 3.8) is 0 Å². The predicted octanol–water partition coefficient (Wildman–Crippen LogP) is 5.11. The summed E-state index contributed by atoms with van der Waals surface area (Å²) in [5, 5.41) is 13.0. The van der Waals surface area contributed by atoms with Gasteiger partial charge in [0, 0.05) is 11.1 Å². The van der Waals surface area contributed by atoms with Crippen molar-refractivity contribution in [1.82, 2.24) is 15.6 Å². The molecule has 160 valence electrons. The number of aromatic amines is 1. The average Bonchev–Trinajstić information content (AvgIpc) is 3.43. The Hall–Kier alpha value is -3.94. The minimum atomic E-state index is -4.51. The summed E-state index contributed by atoms with van der Waals surface area (Å²) in [6.45, 7) is 0. The fourth-order valence-corrected chi connectivity index (χ4v) is 4.13. The van der Waals surface area contributed by atoms with Gasteiger partial charge in [-0.2, -0.15) is 23.4 Å². The predicted molar refractivity (Wildman–Crippen MR) is 115 cm³/mol. The van der Waals surface area contributed by atoms with Gasteiger partial charge in [0.15, 0.2) is 0 Å². The lowest BCUT2D eigenvalue weighted by atomic mass is 9.98. The molecule has 0 fully saturated rings. The Labute approximate surface area is 181 Å². The largest absolute Gasteiger partial charge is 0.417 e. The van der Waals surface area contributed by atoms with Crippen LogP contribution in [-0.2, 0) is 19.0 Å². The van der Waals surface area contributed by atoms with Crippen LogP contribution in [0.15, 0.2) is 65.8 Å². The first-order valence-electron chi connectivity index (χ1n) is 10.0. The van der Waals surface area contributed by atoms with Gasteiger partial charge in [0.1, 0.15) is 5.69 Å². The summed E-state index contributed by atoms with van der Waals surface area (Å²) in [6, 6.07) is 16.9. The number of nitrogens with one attached hydrogen (secondary N) is 2. The first-order valence-corrected chi connectivity index (χ1v) is 10.0. The summed E-state index contributed by atoms with van der Waals surface area (Å²) in [7, 11) is 0. The van der Waals surface area contributed by atoms with E-state index in [0.717, 1.165) is 36.1 Å². The molecule has 0 radical (unpaired) electrons. The standard InChI is InChI=1S/C24H17F3N4O/c25-24(26,27)19-7-2-1-4-16(19)13-28-31-23(32)21-12-20(29-30-21)17-11-10-15-9-8-14-5-3-6-18(17)22(14)15/h1-7,10-13H,8-9H2,(H,29,30)(H,31,32)/b28-13-. The molecule has 32 heavy (non-hydrogen) atoms. The van der Waals surface area contributed by atoms with Gasteiger partial charge >= 0.3 is 6.18 Å². The highest BCUT2D eigenvalue weighted by molar-refractivity contribution is 6.02. The van der Waals surface area contributed by atoms with Gasteiger partial charge in [-0.25, -0.2) is 5.43 Å². The van der Waals surface area contributed by atoms with Crippen LogP contribution in [0.4, 0.5) is 13.2 Å². The zero-order chi connectivity index (χ0) is 22.3. The molecule has 8 heteroatoms. The molecule has 0 atom stereocenters. The first kappa shape index (κ1) is 20.0. The number of hydrogen-bond donors (Lipinski definition) is 2. The lowest BCUT2D eigenvalue weighted by Crippen LogP contribution is -2.18. The number of rotatable bonds is 4. The van der Waals surface area contributed by atoms with Crippen molar-refractivity contribution in [2.24, 2.45) is 5.10 Å². The lowest BCUT2D eigenvalue weighted by Gasteiger charge is -2.09. The maximum Gasteiger partial charge on any atom is 0.417 e. The van der Waals surface area contributed by atoms with Gasteiger partial charge < -0.3 is 0 Å². The van der Waals surface area contributed by atoms with E-state index >= 15 is 0 Å². The van der Waals surface area contributed by atoms with E-state index in [9.17, 15) is 18.0 Å². The van der Waals surface area contributed by atoms with Crippen molar-refractivity contribution in [2.45, 2.75) is 19.0 Å². The van der Waals surface area contributed by atoms with Crippen LogP contribution in [0.25, 0.3) is 22.0 Å². The number of aromatic nitrogens is 2. The van der Waals surface area contributed by atoms with E-state index in [1.165, 1.54) is 34.7 Å². The van der Waals surface area contributed by atoms with E-state index in [-0.39, 0.29) is 11.3 Å². The number of hydrogen-bond acceptors (Lipinski definition) is 3. The number of hydrazone groups is 1. The van der Waals surface area contributed by atoms with Gasteiger partial charge in [-0.05, 0) is 46.9 Å². The molecule has 0 saturated carbocycles. The minimum absolute atomic E-state index is 0.140. The Kier molecular flexibility index (Phi) is 4.77. The van der Waals surface area contributed by atoms with Gasteiger partial charge in [0.2, 0.25) is 0 Å². The third-order valence-corrected chi connectivity index (χ3v) is 5.61. The second kappa shape index (κ2) is 7.64. The molecule has 1 aromatic heterocycles. The number of amides is 1. The van der Waals surface area contributed by atoms with Crippen LogP contribution in [0.5, 0.6) is 0 Å². The molecule has 1 aliphatic rings. The molecule has 3 aromatic carbocycles. The molecule has 1 aliphatic carbocycles. The molecule has 0 spiro atoms. The Bertz CT molecular complexity index is 1360. The smallest absolute Gasteiger partial charge is 0.272 e. The van der Waals surface area contributed by atoms with Crippen molar-refractivity contribution < 1.29 is 18.0 Å². The molecule has 4 aromatic rings. The molecule has 0 bridgehead atoms. The maximum absolute atomic E-state index is 13.1. The van der Waals surface area contributed by atoms with Gasteiger partial charge in [-0.1, -0.05) is 48.5 Å². The number of carbonyl (C=O) groups is 1. The Balaban J connectivity index is 1.37. The summed E-state index contributed by atoms with van der Waals surface area (Å²) in [4.78, 5) is 12.4. The number of aryl methyl sites for hydroxylation is 2. The van der Waals surface area contributed by atoms with E-state index in [0.29, 0.717) is 5.69 Å². The van der Waals surface area contributed by atoms with Crippen LogP contribution in [0, 0.1) is 0 Å². The number of alkyl halides is 3. The molecule has 5 rings (SSSR count). The van der Waals surface area contributed by atoms with E-state index in [4.69, 9.17) is 0 Å². The second-order valence-electron chi connectivity index (χ2n) is 7.56. The molecule has 0 saturated heterocycles. The zero-order valence-corrected chi connectivity index (χ0v) is 16.7. The Morgan fingerprint density at radius 2 is 1.81 bits per heavy atom. The Morgan fingerprint density at radius 1 is 1.03 bits per heavy atom. The van der Waals surface area contributed by atoms with E-state index in [1.54, 1.807) is 6.07 Å². The summed E-state index contributed by atoms with van der Waals surface area (Å²) in [5.41, 5.74) is 5.57. The topological polar surface area (TPSA) is 70.1 Å². The molecule has 2 N–H and O–H groups in total. The normalized spacial score (nSPS) is 13.2. The average molecular weight is 434 g/mol. The van der Waals surface area contributed by atoms with Gasteiger partial charge in [-0.15, -0.1) is 0 Å². The van der Waals surface area contributed by atoms with E-state index < -0.39 is 17.6 Å². The molecule has 1 amide bonds. The zero-order valence-electron chi connectivity index (χ0n) is 16.7. The highest BCUT2D eigenvalue weighted by Gasteiger charge is 2.32. The number of H-pyrrole nitrogens is 1. The second-order valence-corrected chi connectivity index (χ2v) is 7.56.